The first kappa shape index (κ1) is 12.9. The fourth-order valence-corrected chi connectivity index (χ4v) is 2.42. The number of hydrogen-bond acceptors (Lipinski definition) is 4. The van der Waals surface area contributed by atoms with Crippen LogP contribution in [0.1, 0.15) is 18.7 Å². The van der Waals surface area contributed by atoms with Crippen molar-refractivity contribution in [2.45, 2.75) is 19.3 Å². The zero-order valence-corrected chi connectivity index (χ0v) is 11.5. The summed E-state index contributed by atoms with van der Waals surface area (Å²) in [6, 6.07) is 7.93. The van der Waals surface area contributed by atoms with Crippen LogP contribution in [0.15, 0.2) is 24.3 Å². The Morgan fingerprint density at radius 3 is 2.90 bits per heavy atom. The molecule has 5 nitrogen and oxygen atoms in total. The van der Waals surface area contributed by atoms with Gasteiger partial charge in [0.25, 0.3) is 0 Å². The Hall–Kier alpha value is -2.14. The van der Waals surface area contributed by atoms with Crippen LogP contribution in [0.2, 0.25) is 0 Å². The molecule has 0 bridgehead atoms. The third-order valence-corrected chi connectivity index (χ3v) is 3.42. The highest BCUT2D eigenvalue weighted by Crippen LogP contribution is 2.26. The van der Waals surface area contributed by atoms with Crippen LogP contribution in [0.4, 0.5) is 5.82 Å². The molecule has 3 aromatic rings. The minimum Gasteiger partial charge on any atom is -0.385 e. The number of nitrogens with two attached hydrogens (primary N) is 1. The number of aromatic nitrogens is 3. The lowest BCUT2D eigenvalue weighted by atomic mass is 10.2. The van der Waals surface area contributed by atoms with Crippen molar-refractivity contribution in [2.75, 3.05) is 19.5 Å². The Morgan fingerprint density at radius 2 is 2.05 bits per heavy atom. The number of H-pyrrole nitrogens is 1. The highest BCUT2D eigenvalue weighted by Gasteiger charge is 2.10. The molecule has 1 aromatic carbocycles. The van der Waals surface area contributed by atoms with Gasteiger partial charge in [0.05, 0.1) is 5.52 Å². The first-order valence-corrected chi connectivity index (χ1v) is 6.81. The van der Waals surface area contributed by atoms with Gasteiger partial charge in [-0.2, -0.15) is 0 Å². The van der Waals surface area contributed by atoms with E-state index in [0.29, 0.717) is 5.82 Å². The van der Waals surface area contributed by atoms with E-state index in [1.165, 1.54) is 0 Å². The van der Waals surface area contributed by atoms with Crippen LogP contribution < -0.4 is 5.73 Å². The Bertz CT molecular complexity index is 735. The summed E-state index contributed by atoms with van der Waals surface area (Å²) in [4.78, 5) is 12.4. The van der Waals surface area contributed by atoms with E-state index in [1.807, 2.05) is 24.3 Å². The van der Waals surface area contributed by atoms with E-state index in [9.17, 15) is 0 Å². The summed E-state index contributed by atoms with van der Waals surface area (Å²) in [6.45, 7) is 0.785. The molecule has 0 aliphatic heterocycles. The molecule has 2 aromatic heterocycles. The van der Waals surface area contributed by atoms with Crippen molar-refractivity contribution in [1.29, 1.82) is 0 Å². The van der Waals surface area contributed by atoms with Gasteiger partial charge >= 0.3 is 0 Å². The summed E-state index contributed by atoms with van der Waals surface area (Å²) in [5.41, 5.74) is 8.64. The first-order valence-electron chi connectivity index (χ1n) is 6.81. The van der Waals surface area contributed by atoms with E-state index in [4.69, 9.17) is 10.5 Å². The number of rotatable bonds is 5. The maximum absolute atomic E-state index is 6.01. The molecule has 0 aliphatic carbocycles. The largest absolute Gasteiger partial charge is 0.385 e. The van der Waals surface area contributed by atoms with Crippen molar-refractivity contribution in [3.63, 3.8) is 0 Å². The molecule has 104 valence electrons. The average molecular weight is 270 g/mol. The van der Waals surface area contributed by atoms with Gasteiger partial charge in [-0.3, -0.25) is 0 Å². The number of nitrogen functional groups attached to an aromatic ring is 1. The minimum absolute atomic E-state index is 0.509. The number of imidazole rings is 1. The first-order chi connectivity index (χ1) is 9.79. The van der Waals surface area contributed by atoms with E-state index >= 15 is 0 Å². The molecule has 0 radical (unpaired) electrons. The molecule has 2 heterocycles. The number of benzene rings is 1. The number of para-hydroxylation sites is 1. The highest BCUT2D eigenvalue weighted by molar-refractivity contribution is 6.05. The molecule has 0 spiro atoms. The molecule has 3 N–H and O–H groups in total. The van der Waals surface area contributed by atoms with Gasteiger partial charge in [-0.25, -0.2) is 9.97 Å². The van der Waals surface area contributed by atoms with Crippen molar-refractivity contribution in [3.05, 3.63) is 30.1 Å². The second-order valence-electron chi connectivity index (χ2n) is 4.87. The predicted octanol–water partition coefficient (Wildman–Crippen LogP) is 2.66. The van der Waals surface area contributed by atoms with Crippen LogP contribution in [-0.4, -0.2) is 28.7 Å². The van der Waals surface area contributed by atoms with Gasteiger partial charge < -0.3 is 15.5 Å². The molecular weight excluding hydrogens is 252 g/mol. The molecule has 0 saturated carbocycles. The second-order valence-corrected chi connectivity index (χ2v) is 4.87. The Morgan fingerprint density at radius 1 is 1.20 bits per heavy atom. The number of nitrogens with zero attached hydrogens (tertiary/aromatic N) is 2. The third-order valence-electron chi connectivity index (χ3n) is 3.42. The minimum atomic E-state index is 0.509. The van der Waals surface area contributed by atoms with E-state index < -0.39 is 0 Å². The standard InChI is InChI=1S/C15H18N4O/c1-20-9-5-4-8-12-18-13-10-6-2-3-7-11(10)17-15(16)14(13)19-12/h2-3,6-7H,4-5,8-9H2,1H3,(H2,16,17)(H,18,19). The summed E-state index contributed by atoms with van der Waals surface area (Å²) in [5, 5.41) is 1.04. The number of fused-ring (bicyclic) bond motifs is 3. The van der Waals surface area contributed by atoms with Crippen molar-refractivity contribution in [3.8, 4) is 0 Å². The number of methoxy groups -OCH3 is 1. The maximum atomic E-state index is 6.01. The number of pyridine rings is 1. The monoisotopic (exact) mass is 270 g/mol. The van der Waals surface area contributed by atoms with Gasteiger partial charge in [-0.05, 0) is 18.9 Å². The van der Waals surface area contributed by atoms with Crippen LogP contribution in [0.25, 0.3) is 21.9 Å². The topological polar surface area (TPSA) is 76.8 Å². The number of ether oxygens (including phenoxy) is 1. The van der Waals surface area contributed by atoms with Crippen LogP contribution in [0.5, 0.6) is 0 Å². The Labute approximate surface area is 117 Å². The van der Waals surface area contributed by atoms with Gasteiger partial charge in [0.1, 0.15) is 22.7 Å². The summed E-state index contributed by atoms with van der Waals surface area (Å²) in [5.74, 6) is 1.47. The summed E-state index contributed by atoms with van der Waals surface area (Å²) >= 11 is 0. The zero-order valence-electron chi connectivity index (χ0n) is 11.5. The molecule has 0 fully saturated rings. The van der Waals surface area contributed by atoms with Crippen molar-refractivity contribution in [2.24, 2.45) is 0 Å². The SMILES string of the molecule is COCCCCc1nc2c([nH]1)c(N)nc1ccccc12. The molecule has 0 atom stereocenters. The van der Waals surface area contributed by atoms with Gasteiger partial charge in [-0.15, -0.1) is 0 Å². The molecule has 0 unspecified atom stereocenters. The van der Waals surface area contributed by atoms with Gasteiger partial charge in [-0.1, -0.05) is 18.2 Å². The van der Waals surface area contributed by atoms with Gasteiger partial charge in [0.15, 0.2) is 0 Å². The Kier molecular flexibility index (Phi) is 3.52. The molecule has 20 heavy (non-hydrogen) atoms. The van der Waals surface area contributed by atoms with Gasteiger partial charge in [0, 0.05) is 25.5 Å². The van der Waals surface area contributed by atoms with Crippen molar-refractivity contribution >= 4 is 27.8 Å². The third kappa shape index (κ3) is 2.32. The number of aromatic amines is 1. The lowest BCUT2D eigenvalue weighted by Gasteiger charge is -1.99. The fraction of sp³-hybridized carbons (Fsp3) is 0.333. The Balaban J connectivity index is 1.97. The second kappa shape index (κ2) is 5.46. The van der Waals surface area contributed by atoms with Crippen molar-refractivity contribution < 1.29 is 4.74 Å². The lowest BCUT2D eigenvalue weighted by Crippen LogP contribution is -1.93. The molecule has 0 amide bonds. The van der Waals surface area contributed by atoms with E-state index in [0.717, 1.165) is 53.6 Å². The smallest absolute Gasteiger partial charge is 0.150 e. The fourth-order valence-electron chi connectivity index (χ4n) is 2.42. The van der Waals surface area contributed by atoms with Crippen LogP contribution in [0, 0.1) is 0 Å². The van der Waals surface area contributed by atoms with E-state index in [1.54, 1.807) is 7.11 Å². The number of aryl methyl sites for hydroxylation is 1. The molecule has 3 rings (SSSR count). The number of anilines is 1. The summed E-state index contributed by atoms with van der Waals surface area (Å²) in [7, 11) is 1.72. The van der Waals surface area contributed by atoms with Crippen LogP contribution in [-0.2, 0) is 11.2 Å². The molecule has 5 heteroatoms. The summed E-state index contributed by atoms with van der Waals surface area (Å²) < 4.78 is 5.05. The summed E-state index contributed by atoms with van der Waals surface area (Å²) in [6.07, 6.45) is 2.97. The maximum Gasteiger partial charge on any atom is 0.150 e. The van der Waals surface area contributed by atoms with Gasteiger partial charge in [0.2, 0.25) is 0 Å². The molecule has 0 aliphatic rings. The highest BCUT2D eigenvalue weighted by atomic mass is 16.5. The van der Waals surface area contributed by atoms with Crippen LogP contribution in [0.3, 0.4) is 0 Å². The van der Waals surface area contributed by atoms with Crippen molar-refractivity contribution in [1.82, 2.24) is 15.0 Å². The van der Waals surface area contributed by atoms with E-state index in [2.05, 4.69) is 15.0 Å². The molecular formula is C15H18N4O. The van der Waals surface area contributed by atoms with Crippen LogP contribution >= 0.6 is 0 Å². The number of unbranched alkanes of at least 4 members (excludes halogenated alkanes) is 1. The average Bonchev–Trinajstić information content (AvgIpc) is 2.89. The zero-order chi connectivity index (χ0) is 13.9. The normalized spacial score (nSPS) is 11.4. The lowest BCUT2D eigenvalue weighted by molar-refractivity contribution is 0.193. The van der Waals surface area contributed by atoms with E-state index in [-0.39, 0.29) is 0 Å². The predicted molar refractivity (Wildman–Crippen MR) is 80.6 cm³/mol. The number of nitrogens with one attached hydrogen (secondary N) is 1. The molecule has 0 saturated heterocycles. The number of hydrogen-bond donors (Lipinski definition) is 2. The quantitative estimate of drug-likeness (QED) is 0.699.